The standard InChI is InChI=1S/C12H10F3N/c1-2-10-11(12(13,14)15)9-6-4-3-5-8(9)7-16-10/h3-7H,2H2,1H3. The molecular formula is C12H10F3N. The topological polar surface area (TPSA) is 12.9 Å². The van der Waals surface area contributed by atoms with Crippen molar-refractivity contribution in [2.24, 2.45) is 0 Å². The molecule has 4 heteroatoms. The van der Waals surface area contributed by atoms with Gasteiger partial charge >= 0.3 is 6.18 Å². The van der Waals surface area contributed by atoms with Gasteiger partial charge in [-0.05, 0) is 11.8 Å². The summed E-state index contributed by atoms with van der Waals surface area (Å²) in [6, 6.07) is 6.43. The first-order valence-electron chi connectivity index (χ1n) is 4.98. The number of hydrogen-bond acceptors (Lipinski definition) is 1. The van der Waals surface area contributed by atoms with Gasteiger partial charge in [0.25, 0.3) is 0 Å². The molecule has 0 amide bonds. The monoisotopic (exact) mass is 225 g/mol. The van der Waals surface area contributed by atoms with Gasteiger partial charge in [0.15, 0.2) is 0 Å². The van der Waals surface area contributed by atoms with Crippen LogP contribution >= 0.6 is 0 Å². The molecule has 84 valence electrons. The zero-order valence-electron chi connectivity index (χ0n) is 8.67. The van der Waals surface area contributed by atoms with E-state index in [0.717, 1.165) is 0 Å². The van der Waals surface area contributed by atoms with Crippen molar-refractivity contribution in [2.75, 3.05) is 0 Å². The van der Waals surface area contributed by atoms with Gasteiger partial charge < -0.3 is 0 Å². The van der Waals surface area contributed by atoms with Crippen molar-refractivity contribution >= 4 is 10.8 Å². The number of benzene rings is 1. The number of aromatic nitrogens is 1. The second-order valence-corrected chi connectivity index (χ2v) is 3.52. The first-order valence-corrected chi connectivity index (χ1v) is 4.98. The number of aryl methyl sites for hydroxylation is 1. The van der Waals surface area contributed by atoms with E-state index in [-0.39, 0.29) is 17.5 Å². The van der Waals surface area contributed by atoms with E-state index in [0.29, 0.717) is 5.39 Å². The van der Waals surface area contributed by atoms with Crippen LogP contribution < -0.4 is 0 Å². The van der Waals surface area contributed by atoms with Gasteiger partial charge in [0.05, 0.1) is 11.3 Å². The Balaban J connectivity index is 2.84. The van der Waals surface area contributed by atoms with Gasteiger partial charge in [-0.2, -0.15) is 13.2 Å². The Kier molecular flexibility index (Phi) is 2.58. The smallest absolute Gasteiger partial charge is 0.260 e. The third kappa shape index (κ3) is 1.75. The molecule has 0 atom stereocenters. The van der Waals surface area contributed by atoms with Crippen molar-refractivity contribution in [1.29, 1.82) is 0 Å². The van der Waals surface area contributed by atoms with Crippen molar-refractivity contribution in [1.82, 2.24) is 4.98 Å². The minimum atomic E-state index is -4.35. The first kappa shape index (κ1) is 10.9. The predicted octanol–water partition coefficient (Wildman–Crippen LogP) is 3.82. The summed E-state index contributed by atoms with van der Waals surface area (Å²) in [5.74, 6) is 0. The SMILES string of the molecule is CCc1ncc2ccccc2c1C(F)(F)F. The van der Waals surface area contributed by atoms with Crippen LogP contribution in [0.2, 0.25) is 0 Å². The summed E-state index contributed by atoms with van der Waals surface area (Å²) >= 11 is 0. The second kappa shape index (κ2) is 3.77. The normalized spacial score (nSPS) is 12.0. The first-order chi connectivity index (χ1) is 7.54. The fourth-order valence-electron chi connectivity index (χ4n) is 1.79. The van der Waals surface area contributed by atoms with Crippen LogP contribution in [0, 0.1) is 0 Å². The molecule has 0 fully saturated rings. The largest absolute Gasteiger partial charge is 0.418 e. The van der Waals surface area contributed by atoms with Crippen molar-refractivity contribution in [2.45, 2.75) is 19.5 Å². The highest BCUT2D eigenvalue weighted by molar-refractivity contribution is 5.86. The van der Waals surface area contributed by atoms with E-state index in [2.05, 4.69) is 4.98 Å². The van der Waals surface area contributed by atoms with Crippen LogP contribution in [0.25, 0.3) is 10.8 Å². The van der Waals surface area contributed by atoms with Gasteiger partial charge in [-0.1, -0.05) is 31.2 Å². The molecule has 0 radical (unpaired) electrons. The van der Waals surface area contributed by atoms with Crippen molar-refractivity contribution in [3.63, 3.8) is 0 Å². The minimum absolute atomic E-state index is 0.103. The van der Waals surface area contributed by atoms with Crippen LogP contribution in [0.15, 0.2) is 30.5 Å². The molecule has 1 aromatic heterocycles. The minimum Gasteiger partial charge on any atom is -0.260 e. The zero-order chi connectivity index (χ0) is 11.8. The number of pyridine rings is 1. The Morgan fingerprint density at radius 1 is 1.19 bits per heavy atom. The molecule has 0 aliphatic carbocycles. The Bertz CT molecular complexity index is 517. The molecule has 1 heterocycles. The second-order valence-electron chi connectivity index (χ2n) is 3.52. The number of nitrogens with zero attached hydrogens (tertiary/aromatic N) is 1. The van der Waals surface area contributed by atoms with Gasteiger partial charge in [0.1, 0.15) is 0 Å². The lowest BCUT2D eigenvalue weighted by Crippen LogP contribution is -2.11. The molecule has 0 N–H and O–H groups in total. The van der Waals surface area contributed by atoms with E-state index in [1.807, 2.05) is 0 Å². The summed E-state index contributed by atoms with van der Waals surface area (Å²) in [6.45, 7) is 1.67. The summed E-state index contributed by atoms with van der Waals surface area (Å²) in [5.41, 5.74) is -0.501. The molecule has 1 nitrogen and oxygen atoms in total. The Morgan fingerprint density at radius 2 is 1.88 bits per heavy atom. The fourth-order valence-corrected chi connectivity index (χ4v) is 1.79. The average molecular weight is 225 g/mol. The quantitative estimate of drug-likeness (QED) is 0.719. The van der Waals surface area contributed by atoms with Crippen LogP contribution in [0.3, 0.4) is 0 Å². The number of alkyl halides is 3. The maximum absolute atomic E-state index is 12.9. The molecule has 2 aromatic rings. The van der Waals surface area contributed by atoms with Crippen LogP contribution in [0.5, 0.6) is 0 Å². The van der Waals surface area contributed by atoms with Gasteiger partial charge in [0.2, 0.25) is 0 Å². The van der Waals surface area contributed by atoms with Crippen molar-refractivity contribution in [3.05, 3.63) is 41.7 Å². The zero-order valence-corrected chi connectivity index (χ0v) is 8.67. The lowest BCUT2D eigenvalue weighted by molar-refractivity contribution is -0.137. The molecule has 0 bridgehead atoms. The summed E-state index contributed by atoms with van der Waals surface area (Å²) in [6.07, 6.45) is -2.58. The van der Waals surface area contributed by atoms with Gasteiger partial charge in [-0.15, -0.1) is 0 Å². The summed E-state index contributed by atoms with van der Waals surface area (Å²) in [7, 11) is 0. The number of hydrogen-bond donors (Lipinski definition) is 0. The van der Waals surface area contributed by atoms with Crippen LogP contribution in [0.1, 0.15) is 18.2 Å². The van der Waals surface area contributed by atoms with E-state index < -0.39 is 11.7 Å². The van der Waals surface area contributed by atoms with Crippen LogP contribution in [-0.4, -0.2) is 4.98 Å². The number of halogens is 3. The molecule has 0 spiro atoms. The Hall–Kier alpha value is -1.58. The molecule has 0 unspecified atom stereocenters. The lowest BCUT2D eigenvalue weighted by Gasteiger charge is -2.13. The molecule has 0 aliphatic rings. The highest BCUT2D eigenvalue weighted by Crippen LogP contribution is 2.36. The Labute approximate surface area is 90.9 Å². The maximum Gasteiger partial charge on any atom is 0.418 e. The lowest BCUT2D eigenvalue weighted by atomic mass is 10.0. The van der Waals surface area contributed by atoms with Gasteiger partial charge in [-0.3, -0.25) is 4.98 Å². The number of fused-ring (bicyclic) bond motifs is 1. The molecule has 0 aliphatic heterocycles. The molecule has 2 rings (SSSR count). The summed E-state index contributed by atoms with van der Waals surface area (Å²) < 4.78 is 38.8. The summed E-state index contributed by atoms with van der Waals surface area (Å²) in [4.78, 5) is 3.87. The number of rotatable bonds is 1. The third-order valence-corrected chi connectivity index (χ3v) is 2.50. The highest BCUT2D eigenvalue weighted by Gasteiger charge is 2.35. The maximum atomic E-state index is 12.9. The highest BCUT2D eigenvalue weighted by atomic mass is 19.4. The molecule has 1 aromatic carbocycles. The third-order valence-electron chi connectivity index (χ3n) is 2.50. The van der Waals surface area contributed by atoms with E-state index in [1.54, 1.807) is 25.1 Å². The fraction of sp³-hybridized carbons (Fsp3) is 0.250. The molecule has 0 saturated heterocycles. The predicted molar refractivity (Wildman–Crippen MR) is 56.1 cm³/mol. The van der Waals surface area contributed by atoms with Crippen molar-refractivity contribution < 1.29 is 13.2 Å². The Morgan fingerprint density at radius 3 is 2.50 bits per heavy atom. The van der Waals surface area contributed by atoms with Gasteiger partial charge in [0, 0.05) is 11.6 Å². The van der Waals surface area contributed by atoms with E-state index >= 15 is 0 Å². The van der Waals surface area contributed by atoms with Gasteiger partial charge in [-0.25, -0.2) is 0 Å². The molecular weight excluding hydrogens is 215 g/mol. The van der Waals surface area contributed by atoms with E-state index in [1.165, 1.54) is 12.3 Å². The molecule has 0 saturated carbocycles. The van der Waals surface area contributed by atoms with Crippen LogP contribution in [-0.2, 0) is 12.6 Å². The van der Waals surface area contributed by atoms with E-state index in [9.17, 15) is 13.2 Å². The van der Waals surface area contributed by atoms with Crippen molar-refractivity contribution in [3.8, 4) is 0 Å². The van der Waals surface area contributed by atoms with Crippen LogP contribution in [0.4, 0.5) is 13.2 Å². The molecule has 16 heavy (non-hydrogen) atoms. The summed E-state index contributed by atoms with van der Waals surface area (Å²) in [5, 5.41) is 0.744. The average Bonchev–Trinajstić information content (AvgIpc) is 2.26. The van der Waals surface area contributed by atoms with E-state index in [4.69, 9.17) is 0 Å².